The zero-order valence-corrected chi connectivity index (χ0v) is 8.00. The van der Waals surface area contributed by atoms with E-state index in [0.717, 1.165) is 12.0 Å². The fourth-order valence-electron chi connectivity index (χ4n) is 0.804. The highest BCUT2D eigenvalue weighted by molar-refractivity contribution is 7.95. The first-order valence-corrected chi connectivity index (χ1v) is 4.78. The lowest BCUT2D eigenvalue weighted by molar-refractivity contribution is 0.0765. The Morgan fingerprint density at radius 2 is 2.23 bits per heavy atom. The minimum absolute atomic E-state index is 0.0517. The lowest BCUT2D eigenvalue weighted by Gasteiger charge is -2.02. The molecule has 0 aliphatic rings. The van der Waals surface area contributed by atoms with Crippen LogP contribution in [0, 0.1) is 0 Å². The summed E-state index contributed by atoms with van der Waals surface area (Å²) in [6.07, 6.45) is 0. The van der Waals surface area contributed by atoms with Gasteiger partial charge in [-0.15, -0.1) is 0 Å². The second kappa shape index (κ2) is 4.77. The van der Waals surface area contributed by atoms with Crippen molar-refractivity contribution in [3.8, 4) is 5.75 Å². The van der Waals surface area contributed by atoms with Crippen LogP contribution in [0.5, 0.6) is 5.75 Å². The molecule has 0 unspecified atom stereocenters. The molecule has 0 aromatic heterocycles. The number of phenolic OH excluding ortho intramolecular Hbond substituents is 1. The largest absolute Gasteiger partial charge is 0.507 e. The fourth-order valence-corrected chi connectivity index (χ4v) is 1.12. The van der Waals surface area contributed by atoms with Crippen molar-refractivity contribution >= 4 is 18.0 Å². The Hall–Kier alpha value is -1.16. The second-order valence-electron chi connectivity index (χ2n) is 2.29. The first kappa shape index (κ1) is 9.92. The SMILES string of the molecule is CCSOC(=O)c1ccccc1O. The number of phenols is 1. The third-order valence-corrected chi connectivity index (χ3v) is 1.88. The lowest BCUT2D eigenvalue weighted by atomic mass is 10.2. The van der Waals surface area contributed by atoms with E-state index in [-0.39, 0.29) is 11.3 Å². The van der Waals surface area contributed by atoms with E-state index in [1.807, 2.05) is 6.92 Å². The number of rotatable bonds is 3. The molecule has 3 nitrogen and oxygen atoms in total. The molecule has 0 heterocycles. The number of benzene rings is 1. The topological polar surface area (TPSA) is 46.5 Å². The molecule has 13 heavy (non-hydrogen) atoms. The van der Waals surface area contributed by atoms with E-state index in [2.05, 4.69) is 0 Å². The molecule has 0 amide bonds. The molecule has 1 rings (SSSR count). The van der Waals surface area contributed by atoms with E-state index >= 15 is 0 Å². The lowest BCUT2D eigenvalue weighted by Crippen LogP contribution is -1.99. The quantitative estimate of drug-likeness (QED) is 0.756. The van der Waals surface area contributed by atoms with Gasteiger partial charge in [-0.1, -0.05) is 19.1 Å². The summed E-state index contributed by atoms with van der Waals surface area (Å²) in [5.41, 5.74) is 0.198. The van der Waals surface area contributed by atoms with Gasteiger partial charge in [0.1, 0.15) is 11.3 Å². The van der Waals surface area contributed by atoms with Gasteiger partial charge in [-0.2, -0.15) is 0 Å². The van der Waals surface area contributed by atoms with Crippen molar-refractivity contribution in [3.63, 3.8) is 0 Å². The Balaban J connectivity index is 2.71. The molecule has 0 fully saturated rings. The highest BCUT2D eigenvalue weighted by atomic mass is 32.2. The van der Waals surface area contributed by atoms with Crippen LogP contribution in [0.25, 0.3) is 0 Å². The fraction of sp³-hybridized carbons (Fsp3) is 0.222. The van der Waals surface area contributed by atoms with Gasteiger partial charge in [-0.05, 0) is 12.1 Å². The van der Waals surface area contributed by atoms with Gasteiger partial charge in [0.25, 0.3) is 0 Å². The molecule has 0 radical (unpaired) electrons. The van der Waals surface area contributed by atoms with Crippen molar-refractivity contribution in [2.24, 2.45) is 0 Å². The Bertz CT molecular complexity index is 299. The predicted octanol–water partition coefficient (Wildman–Crippen LogP) is 2.22. The van der Waals surface area contributed by atoms with Gasteiger partial charge in [-0.25, -0.2) is 4.79 Å². The zero-order valence-electron chi connectivity index (χ0n) is 7.19. The molecule has 0 aliphatic carbocycles. The normalized spacial score (nSPS) is 9.62. The van der Waals surface area contributed by atoms with Gasteiger partial charge < -0.3 is 9.29 Å². The Morgan fingerprint density at radius 3 is 2.85 bits per heavy atom. The summed E-state index contributed by atoms with van der Waals surface area (Å²) in [6.45, 7) is 1.88. The van der Waals surface area contributed by atoms with Crippen molar-refractivity contribution in [1.29, 1.82) is 0 Å². The van der Waals surface area contributed by atoms with E-state index in [0.29, 0.717) is 5.75 Å². The average molecular weight is 198 g/mol. The van der Waals surface area contributed by atoms with Gasteiger partial charge in [0.2, 0.25) is 0 Å². The average Bonchev–Trinajstić information content (AvgIpc) is 2.15. The molecule has 0 saturated carbocycles. The van der Waals surface area contributed by atoms with Crippen molar-refractivity contribution in [2.45, 2.75) is 6.92 Å². The Labute approximate surface area is 80.9 Å². The smallest absolute Gasteiger partial charge is 0.353 e. The van der Waals surface area contributed by atoms with Crippen LogP contribution in [0.15, 0.2) is 24.3 Å². The van der Waals surface area contributed by atoms with Crippen LogP contribution in [0.2, 0.25) is 0 Å². The van der Waals surface area contributed by atoms with Gasteiger partial charge >= 0.3 is 5.97 Å². The van der Waals surface area contributed by atoms with Gasteiger partial charge in [0.15, 0.2) is 0 Å². The van der Waals surface area contributed by atoms with Crippen molar-refractivity contribution in [3.05, 3.63) is 29.8 Å². The highest BCUT2D eigenvalue weighted by Gasteiger charge is 2.11. The van der Waals surface area contributed by atoms with Crippen LogP contribution in [0.4, 0.5) is 0 Å². The molecule has 0 atom stereocenters. The number of aromatic hydroxyl groups is 1. The molecule has 0 saturated heterocycles. The summed E-state index contributed by atoms with van der Waals surface area (Å²) in [7, 11) is 0. The highest BCUT2D eigenvalue weighted by Crippen LogP contribution is 2.18. The molecular weight excluding hydrogens is 188 g/mol. The first-order chi connectivity index (χ1) is 6.25. The summed E-state index contributed by atoms with van der Waals surface area (Å²) >= 11 is 1.06. The van der Waals surface area contributed by atoms with Gasteiger partial charge in [-0.3, -0.25) is 0 Å². The molecule has 0 bridgehead atoms. The maximum Gasteiger partial charge on any atom is 0.353 e. The monoisotopic (exact) mass is 198 g/mol. The second-order valence-corrected chi connectivity index (χ2v) is 3.27. The van der Waals surface area contributed by atoms with Crippen LogP contribution in [0.3, 0.4) is 0 Å². The molecule has 1 aromatic carbocycles. The standard InChI is InChI=1S/C9H10O3S/c1-2-13-12-9(11)7-5-3-4-6-8(7)10/h3-6,10H,2H2,1H3. The third kappa shape index (κ3) is 2.66. The van der Waals surface area contributed by atoms with E-state index in [9.17, 15) is 9.90 Å². The molecule has 1 aromatic rings. The third-order valence-electron chi connectivity index (χ3n) is 1.38. The van der Waals surface area contributed by atoms with Gasteiger partial charge in [0, 0.05) is 5.75 Å². The predicted molar refractivity (Wildman–Crippen MR) is 51.7 cm³/mol. The molecule has 1 N–H and O–H groups in total. The zero-order chi connectivity index (χ0) is 9.68. The number of carbonyl (C=O) groups excluding carboxylic acids is 1. The number of carbonyl (C=O) groups is 1. The van der Waals surface area contributed by atoms with Crippen LogP contribution < -0.4 is 0 Å². The van der Waals surface area contributed by atoms with E-state index < -0.39 is 5.97 Å². The molecule has 0 aliphatic heterocycles. The minimum Gasteiger partial charge on any atom is -0.507 e. The summed E-state index contributed by atoms with van der Waals surface area (Å²) in [5.74, 6) is 0.133. The van der Waals surface area contributed by atoms with Crippen molar-refractivity contribution in [1.82, 2.24) is 0 Å². The Morgan fingerprint density at radius 1 is 1.54 bits per heavy atom. The van der Waals surface area contributed by atoms with E-state index in [1.54, 1.807) is 12.1 Å². The van der Waals surface area contributed by atoms with Gasteiger partial charge in [0.05, 0.1) is 12.0 Å². The van der Waals surface area contributed by atoms with Crippen LogP contribution >= 0.6 is 12.0 Å². The first-order valence-electron chi connectivity index (χ1n) is 3.87. The maximum absolute atomic E-state index is 11.2. The van der Waals surface area contributed by atoms with Crippen LogP contribution in [-0.4, -0.2) is 16.8 Å². The molecule has 0 spiro atoms. The minimum atomic E-state index is -0.509. The Kier molecular flexibility index (Phi) is 3.64. The van der Waals surface area contributed by atoms with E-state index in [4.69, 9.17) is 4.18 Å². The van der Waals surface area contributed by atoms with Crippen molar-refractivity contribution < 1.29 is 14.1 Å². The maximum atomic E-state index is 11.2. The summed E-state index contributed by atoms with van der Waals surface area (Å²) in [5, 5.41) is 9.27. The number of hydrogen-bond donors (Lipinski definition) is 1. The number of para-hydroxylation sites is 1. The van der Waals surface area contributed by atoms with Crippen molar-refractivity contribution in [2.75, 3.05) is 5.75 Å². The van der Waals surface area contributed by atoms with Crippen LogP contribution in [0.1, 0.15) is 17.3 Å². The summed E-state index contributed by atoms with van der Waals surface area (Å²) < 4.78 is 4.78. The summed E-state index contributed by atoms with van der Waals surface area (Å²) in [6, 6.07) is 6.30. The number of hydrogen-bond acceptors (Lipinski definition) is 4. The molecular formula is C9H10O3S. The molecule has 70 valence electrons. The molecule has 4 heteroatoms. The van der Waals surface area contributed by atoms with Crippen LogP contribution in [-0.2, 0) is 4.18 Å². The van der Waals surface area contributed by atoms with E-state index in [1.165, 1.54) is 12.1 Å². The summed E-state index contributed by atoms with van der Waals surface area (Å²) in [4.78, 5) is 11.2.